The summed E-state index contributed by atoms with van der Waals surface area (Å²) in [6, 6.07) is 0. The molecule has 0 aromatic heterocycles. The van der Waals surface area contributed by atoms with Crippen molar-refractivity contribution in [2.45, 2.75) is 45.4 Å². The van der Waals surface area contributed by atoms with E-state index in [0.29, 0.717) is 6.61 Å². The Balaban J connectivity index is 2.95. The van der Waals surface area contributed by atoms with E-state index in [-0.39, 0.29) is 18.8 Å². The SMILES string of the molecule is CCC(CC)[C@H]1OC[C@@](C)(CO)N1C(=O)OC. The van der Waals surface area contributed by atoms with E-state index >= 15 is 0 Å². The number of carbonyl (C=O) groups excluding carboxylic acids is 1. The molecule has 1 amide bonds. The lowest BCUT2D eigenvalue weighted by atomic mass is 9.98. The lowest BCUT2D eigenvalue weighted by molar-refractivity contribution is -0.0235. The van der Waals surface area contributed by atoms with Crippen LogP contribution in [0.1, 0.15) is 33.6 Å². The van der Waals surface area contributed by atoms with Gasteiger partial charge in [-0.1, -0.05) is 13.8 Å². The third-order valence-electron chi connectivity index (χ3n) is 3.57. The molecule has 1 saturated heterocycles. The van der Waals surface area contributed by atoms with E-state index in [1.807, 2.05) is 6.92 Å². The van der Waals surface area contributed by atoms with Crippen molar-refractivity contribution in [1.82, 2.24) is 4.90 Å². The van der Waals surface area contributed by atoms with Crippen molar-refractivity contribution in [3.05, 3.63) is 0 Å². The van der Waals surface area contributed by atoms with Gasteiger partial charge in [-0.25, -0.2) is 4.79 Å². The fourth-order valence-corrected chi connectivity index (χ4v) is 2.30. The highest BCUT2D eigenvalue weighted by Crippen LogP contribution is 2.33. The predicted molar refractivity (Wildman–Crippen MR) is 63.5 cm³/mol. The number of aliphatic hydroxyl groups is 1. The summed E-state index contributed by atoms with van der Waals surface area (Å²) in [5.41, 5.74) is -0.680. The third-order valence-corrected chi connectivity index (χ3v) is 3.57. The number of hydrogen-bond acceptors (Lipinski definition) is 4. The van der Waals surface area contributed by atoms with Gasteiger partial charge >= 0.3 is 6.09 Å². The van der Waals surface area contributed by atoms with Crippen molar-refractivity contribution in [2.75, 3.05) is 20.3 Å². The van der Waals surface area contributed by atoms with Gasteiger partial charge in [-0.05, 0) is 19.8 Å². The van der Waals surface area contributed by atoms with Crippen LogP contribution in [-0.2, 0) is 9.47 Å². The van der Waals surface area contributed by atoms with Crippen LogP contribution in [0, 0.1) is 5.92 Å². The zero-order chi connectivity index (χ0) is 13.1. The minimum Gasteiger partial charge on any atom is -0.453 e. The normalized spacial score (nSPS) is 28.8. The van der Waals surface area contributed by atoms with E-state index < -0.39 is 11.6 Å². The highest BCUT2D eigenvalue weighted by atomic mass is 16.6. The fourth-order valence-electron chi connectivity index (χ4n) is 2.30. The predicted octanol–water partition coefficient (Wildman–Crippen LogP) is 1.60. The first-order chi connectivity index (χ1) is 8.03. The van der Waals surface area contributed by atoms with Crippen LogP contribution in [0.4, 0.5) is 4.79 Å². The number of ether oxygens (including phenoxy) is 2. The summed E-state index contributed by atoms with van der Waals surface area (Å²) >= 11 is 0. The maximum absolute atomic E-state index is 11.8. The van der Waals surface area contributed by atoms with E-state index in [0.717, 1.165) is 12.8 Å². The van der Waals surface area contributed by atoms with Crippen LogP contribution in [0.25, 0.3) is 0 Å². The molecule has 0 spiro atoms. The van der Waals surface area contributed by atoms with Gasteiger partial charge in [-0.15, -0.1) is 0 Å². The molecule has 1 rings (SSSR count). The summed E-state index contributed by atoms with van der Waals surface area (Å²) in [5, 5.41) is 9.46. The van der Waals surface area contributed by atoms with Crippen LogP contribution in [0.15, 0.2) is 0 Å². The van der Waals surface area contributed by atoms with Crippen molar-refractivity contribution in [3.63, 3.8) is 0 Å². The molecule has 0 aromatic carbocycles. The first-order valence-electron chi connectivity index (χ1n) is 6.13. The molecule has 1 aliphatic heterocycles. The van der Waals surface area contributed by atoms with Gasteiger partial charge in [-0.3, -0.25) is 4.90 Å². The number of hydrogen-bond donors (Lipinski definition) is 1. The molecule has 5 heteroatoms. The lowest BCUT2D eigenvalue weighted by Crippen LogP contribution is -2.54. The number of methoxy groups -OCH3 is 1. The Labute approximate surface area is 103 Å². The van der Waals surface area contributed by atoms with Crippen LogP contribution in [0.5, 0.6) is 0 Å². The van der Waals surface area contributed by atoms with Crippen LogP contribution < -0.4 is 0 Å². The molecular formula is C12H23NO4. The monoisotopic (exact) mass is 245 g/mol. The standard InChI is InChI=1S/C12H23NO4/c1-5-9(6-2)10-13(11(15)16-4)12(3,7-14)8-17-10/h9-10,14H,5-8H2,1-4H3/t10-,12-/m1/s1. The van der Waals surface area contributed by atoms with Crippen molar-refractivity contribution >= 4 is 6.09 Å². The second-order valence-corrected chi connectivity index (χ2v) is 4.77. The molecule has 0 unspecified atom stereocenters. The third kappa shape index (κ3) is 2.55. The second kappa shape index (κ2) is 5.69. The molecule has 0 bridgehead atoms. The highest BCUT2D eigenvalue weighted by Gasteiger charge is 2.49. The molecule has 1 fully saturated rings. The number of nitrogens with zero attached hydrogens (tertiary/aromatic N) is 1. The lowest BCUT2D eigenvalue weighted by Gasteiger charge is -2.36. The van der Waals surface area contributed by atoms with Gasteiger partial charge in [-0.2, -0.15) is 0 Å². The minimum atomic E-state index is -0.680. The summed E-state index contributed by atoms with van der Waals surface area (Å²) in [6.45, 7) is 6.17. The molecule has 5 nitrogen and oxygen atoms in total. The molecule has 100 valence electrons. The summed E-state index contributed by atoms with van der Waals surface area (Å²) in [6.07, 6.45) is 1.12. The fraction of sp³-hybridized carbons (Fsp3) is 0.917. The molecule has 17 heavy (non-hydrogen) atoms. The molecule has 1 aliphatic rings. The summed E-state index contributed by atoms with van der Waals surface area (Å²) < 4.78 is 10.5. The smallest absolute Gasteiger partial charge is 0.412 e. The average molecular weight is 245 g/mol. The number of amides is 1. The Morgan fingerprint density at radius 2 is 2.18 bits per heavy atom. The average Bonchev–Trinajstić information content (AvgIpc) is 2.69. The Hall–Kier alpha value is -0.810. The molecule has 1 N–H and O–H groups in total. The van der Waals surface area contributed by atoms with Crippen molar-refractivity contribution in [3.8, 4) is 0 Å². The minimum absolute atomic E-state index is 0.126. The van der Waals surface area contributed by atoms with Gasteiger partial charge in [0.1, 0.15) is 6.23 Å². The molecule has 0 aromatic rings. The van der Waals surface area contributed by atoms with E-state index in [9.17, 15) is 9.90 Å². The van der Waals surface area contributed by atoms with Gasteiger partial charge in [0.25, 0.3) is 0 Å². The van der Waals surface area contributed by atoms with E-state index in [1.165, 1.54) is 7.11 Å². The molecule has 0 aliphatic carbocycles. The van der Waals surface area contributed by atoms with Crippen LogP contribution >= 0.6 is 0 Å². The molecule has 0 radical (unpaired) electrons. The summed E-state index contributed by atoms with van der Waals surface area (Å²) in [7, 11) is 1.35. The molecular weight excluding hydrogens is 222 g/mol. The maximum Gasteiger partial charge on any atom is 0.412 e. The van der Waals surface area contributed by atoms with Crippen molar-refractivity contribution < 1.29 is 19.4 Å². The Kier molecular flexibility index (Phi) is 4.77. The number of aliphatic hydroxyl groups excluding tert-OH is 1. The van der Waals surface area contributed by atoms with Gasteiger partial charge in [0.05, 0.1) is 25.9 Å². The largest absolute Gasteiger partial charge is 0.453 e. The Morgan fingerprint density at radius 1 is 1.59 bits per heavy atom. The Bertz CT molecular complexity index is 267. The van der Waals surface area contributed by atoms with Gasteiger partial charge in [0.15, 0.2) is 0 Å². The maximum atomic E-state index is 11.8. The first kappa shape index (κ1) is 14.3. The van der Waals surface area contributed by atoms with Crippen molar-refractivity contribution in [1.29, 1.82) is 0 Å². The first-order valence-corrected chi connectivity index (χ1v) is 6.13. The topological polar surface area (TPSA) is 59.0 Å². The van der Waals surface area contributed by atoms with Crippen LogP contribution in [-0.4, -0.2) is 48.2 Å². The molecule has 1 heterocycles. The highest BCUT2D eigenvalue weighted by molar-refractivity contribution is 5.69. The van der Waals surface area contributed by atoms with Gasteiger partial charge < -0.3 is 14.6 Å². The van der Waals surface area contributed by atoms with E-state index in [2.05, 4.69) is 13.8 Å². The zero-order valence-corrected chi connectivity index (χ0v) is 11.1. The van der Waals surface area contributed by atoms with Gasteiger partial charge in [0.2, 0.25) is 0 Å². The quantitative estimate of drug-likeness (QED) is 0.817. The number of carbonyl (C=O) groups is 1. The summed E-state index contributed by atoms with van der Waals surface area (Å²) in [4.78, 5) is 13.4. The Morgan fingerprint density at radius 3 is 2.59 bits per heavy atom. The van der Waals surface area contributed by atoms with Crippen molar-refractivity contribution in [2.24, 2.45) is 5.92 Å². The van der Waals surface area contributed by atoms with Crippen LogP contribution in [0.2, 0.25) is 0 Å². The zero-order valence-electron chi connectivity index (χ0n) is 11.1. The number of rotatable bonds is 4. The summed E-state index contributed by atoms with van der Waals surface area (Å²) in [5.74, 6) is 0.266. The van der Waals surface area contributed by atoms with E-state index in [4.69, 9.17) is 9.47 Å². The van der Waals surface area contributed by atoms with E-state index in [1.54, 1.807) is 4.90 Å². The molecule has 0 saturated carbocycles. The van der Waals surface area contributed by atoms with Gasteiger partial charge in [0, 0.05) is 5.92 Å². The second-order valence-electron chi connectivity index (χ2n) is 4.77. The van der Waals surface area contributed by atoms with Crippen LogP contribution in [0.3, 0.4) is 0 Å². The molecule has 2 atom stereocenters.